The zero-order valence-electron chi connectivity index (χ0n) is 11.4. The maximum atomic E-state index is 12.3. The number of rotatable bonds is 3. The second kappa shape index (κ2) is 4.23. The monoisotopic (exact) mass is 223 g/mol. The van der Waals surface area contributed by atoms with E-state index in [0.717, 1.165) is 18.5 Å². The quantitative estimate of drug-likeness (QED) is 0.714. The molecule has 0 N–H and O–H groups in total. The van der Waals surface area contributed by atoms with Crippen molar-refractivity contribution in [1.29, 1.82) is 0 Å². The molecule has 0 saturated heterocycles. The van der Waals surface area contributed by atoms with E-state index in [1.807, 2.05) is 11.8 Å². The van der Waals surface area contributed by atoms with Crippen LogP contribution in [0.25, 0.3) is 0 Å². The molecule has 0 aromatic heterocycles. The molecule has 1 fully saturated rings. The van der Waals surface area contributed by atoms with Crippen LogP contribution >= 0.6 is 0 Å². The molecule has 0 radical (unpaired) electrons. The highest BCUT2D eigenvalue weighted by Gasteiger charge is 2.41. The van der Waals surface area contributed by atoms with Gasteiger partial charge in [-0.1, -0.05) is 27.4 Å². The lowest BCUT2D eigenvalue weighted by atomic mass is 9.76. The molecule has 0 unspecified atom stereocenters. The Labute approximate surface area is 99.7 Å². The third kappa shape index (κ3) is 2.87. The van der Waals surface area contributed by atoms with Crippen molar-refractivity contribution in [2.45, 2.75) is 65.8 Å². The Balaban J connectivity index is 2.79. The van der Waals surface area contributed by atoms with E-state index >= 15 is 0 Å². The fourth-order valence-electron chi connectivity index (χ4n) is 2.42. The smallest absolute Gasteiger partial charge is 0.227 e. The molecule has 16 heavy (non-hydrogen) atoms. The minimum absolute atomic E-state index is 0.0359. The first-order valence-electron chi connectivity index (χ1n) is 6.14. The SMILES string of the molecule is C=C(C)N(C(=O)CC(C)(C)C)C1(C)CCC1. The van der Waals surface area contributed by atoms with Gasteiger partial charge >= 0.3 is 0 Å². The Morgan fingerprint density at radius 1 is 1.38 bits per heavy atom. The molecule has 92 valence electrons. The van der Waals surface area contributed by atoms with Crippen LogP contribution in [0.15, 0.2) is 12.3 Å². The van der Waals surface area contributed by atoms with Crippen LogP contribution < -0.4 is 0 Å². The lowest BCUT2D eigenvalue weighted by molar-refractivity contribution is -0.139. The van der Waals surface area contributed by atoms with Crippen LogP contribution in [-0.2, 0) is 4.79 Å². The maximum absolute atomic E-state index is 12.3. The van der Waals surface area contributed by atoms with Crippen LogP contribution in [-0.4, -0.2) is 16.3 Å². The number of amides is 1. The summed E-state index contributed by atoms with van der Waals surface area (Å²) < 4.78 is 0. The Morgan fingerprint density at radius 3 is 2.12 bits per heavy atom. The molecule has 1 rings (SSSR count). The van der Waals surface area contributed by atoms with Crippen LogP contribution in [0.2, 0.25) is 0 Å². The summed E-state index contributed by atoms with van der Waals surface area (Å²) in [6.45, 7) is 14.4. The second-order valence-corrected chi connectivity index (χ2v) is 6.55. The lowest BCUT2D eigenvalue weighted by Crippen LogP contribution is -2.53. The van der Waals surface area contributed by atoms with E-state index in [1.54, 1.807) is 0 Å². The minimum Gasteiger partial charge on any atom is -0.311 e. The zero-order valence-corrected chi connectivity index (χ0v) is 11.4. The van der Waals surface area contributed by atoms with Gasteiger partial charge in [-0.3, -0.25) is 4.79 Å². The average Bonchev–Trinajstić information content (AvgIpc) is 1.96. The van der Waals surface area contributed by atoms with E-state index < -0.39 is 0 Å². The molecule has 1 aliphatic rings. The number of carbonyl (C=O) groups excluding carboxylic acids is 1. The van der Waals surface area contributed by atoms with E-state index in [1.165, 1.54) is 6.42 Å². The van der Waals surface area contributed by atoms with Gasteiger partial charge in [-0.05, 0) is 38.5 Å². The van der Waals surface area contributed by atoms with E-state index in [9.17, 15) is 4.79 Å². The van der Waals surface area contributed by atoms with Gasteiger partial charge in [-0.25, -0.2) is 0 Å². The highest BCUT2D eigenvalue weighted by atomic mass is 16.2. The molecule has 0 aromatic rings. The van der Waals surface area contributed by atoms with E-state index in [2.05, 4.69) is 34.3 Å². The number of hydrogen-bond donors (Lipinski definition) is 0. The summed E-state index contributed by atoms with van der Waals surface area (Å²) in [5.41, 5.74) is 0.968. The first-order valence-corrected chi connectivity index (χ1v) is 6.14. The Kier molecular flexibility index (Phi) is 3.51. The fourth-order valence-corrected chi connectivity index (χ4v) is 2.42. The minimum atomic E-state index is 0.0359. The summed E-state index contributed by atoms with van der Waals surface area (Å²) in [5.74, 6) is 0.224. The van der Waals surface area contributed by atoms with E-state index in [-0.39, 0.29) is 16.9 Å². The molecule has 1 aliphatic carbocycles. The highest BCUT2D eigenvalue weighted by molar-refractivity contribution is 5.79. The van der Waals surface area contributed by atoms with Gasteiger partial charge in [-0.2, -0.15) is 0 Å². The Hall–Kier alpha value is -0.790. The number of allylic oxidation sites excluding steroid dienone is 1. The van der Waals surface area contributed by atoms with Gasteiger partial charge in [0.15, 0.2) is 0 Å². The van der Waals surface area contributed by atoms with Crippen molar-refractivity contribution in [3.8, 4) is 0 Å². The molecule has 1 saturated carbocycles. The van der Waals surface area contributed by atoms with Crippen LogP contribution in [0.1, 0.15) is 60.3 Å². The Morgan fingerprint density at radius 2 is 1.88 bits per heavy atom. The lowest BCUT2D eigenvalue weighted by Gasteiger charge is -2.48. The largest absolute Gasteiger partial charge is 0.311 e. The summed E-state index contributed by atoms with van der Waals surface area (Å²) >= 11 is 0. The van der Waals surface area contributed by atoms with Crippen molar-refractivity contribution < 1.29 is 4.79 Å². The predicted octanol–water partition coefficient (Wildman–Crippen LogP) is 3.73. The first kappa shape index (κ1) is 13.3. The topological polar surface area (TPSA) is 20.3 Å². The van der Waals surface area contributed by atoms with Gasteiger partial charge in [0.25, 0.3) is 0 Å². The van der Waals surface area contributed by atoms with Crippen molar-refractivity contribution in [3.63, 3.8) is 0 Å². The van der Waals surface area contributed by atoms with E-state index in [4.69, 9.17) is 0 Å². The zero-order chi connectivity index (χ0) is 12.6. The molecule has 0 atom stereocenters. The summed E-state index contributed by atoms with van der Waals surface area (Å²) in [6.07, 6.45) is 4.03. The molecule has 0 spiro atoms. The van der Waals surface area contributed by atoms with Crippen LogP contribution in [0.3, 0.4) is 0 Å². The molecule has 0 bridgehead atoms. The van der Waals surface area contributed by atoms with Gasteiger partial charge in [0.1, 0.15) is 0 Å². The molecular weight excluding hydrogens is 198 g/mol. The molecule has 0 aromatic carbocycles. The number of hydrogen-bond acceptors (Lipinski definition) is 1. The summed E-state index contributed by atoms with van der Waals surface area (Å²) in [6, 6.07) is 0. The molecule has 0 aliphatic heterocycles. The number of nitrogens with zero attached hydrogens (tertiary/aromatic N) is 1. The van der Waals surface area contributed by atoms with Crippen molar-refractivity contribution in [2.75, 3.05) is 0 Å². The molecule has 2 heteroatoms. The van der Waals surface area contributed by atoms with Crippen molar-refractivity contribution >= 4 is 5.91 Å². The molecule has 2 nitrogen and oxygen atoms in total. The van der Waals surface area contributed by atoms with Crippen LogP contribution in [0.4, 0.5) is 0 Å². The average molecular weight is 223 g/mol. The molecule has 0 heterocycles. The molecule has 1 amide bonds. The Bertz CT molecular complexity index is 294. The third-order valence-corrected chi connectivity index (χ3v) is 3.28. The van der Waals surface area contributed by atoms with Crippen LogP contribution in [0, 0.1) is 5.41 Å². The second-order valence-electron chi connectivity index (χ2n) is 6.55. The predicted molar refractivity (Wildman–Crippen MR) is 68.0 cm³/mol. The van der Waals surface area contributed by atoms with Crippen molar-refractivity contribution in [1.82, 2.24) is 4.90 Å². The van der Waals surface area contributed by atoms with Gasteiger partial charge in [0.2, 0.25) is 5.91 Å². The van der Waals surface area contributed by atoms with Gasteiger partial charge in [0.05, 0.1) is 0 Å². The maximum Gasteiger partial charge on any atom is 0.227 e. The van der Waals surface area contributed by atoms with Crippen molar-refractivity contribution in [3.05, 3.63) is 12.3 Å². The van der Waals surface area contributed by atoms with Gasteiger partial charge in [0, 0.05) is 17.7 Å². The van der Waals surface area contributed by atoms with Crippen molar-refractivity contribution in [2.24, 2.45) is 5.41 Å². The highest BCUT2D eigenvalue weighted by Crippen LogP contribution is 2.40. The summed E-state index contributed by atoms with van der Waals surface area (Å²) in [7, 11) is 0. The standard InChI is InChI=1S/C14H25NO/c1-11(2)15(14(6)8-7-9-14)12(16)10-13(3,4)5/h1,7-10H2,2-6H3. The van der Waals surface area contributed by atoms with Crippen LogP contribution in [0.5, 0.6) is 0 Å². The summed E-state index contributed by atoms with van der Waals surface area (Å²) in [4.78, 5) is 14.2. The van der Waals surface area contributed by atoms with Gasteiger partial charge in [-0.15, -0.1) is 0 Å². The summed E-state index contributed by atoms with van der Waals surface area (Å²) in [5, 5.41) is 0. The normalized spacial score (nSPS) is 18.8. The van der Waals surface area contributed by atoms with Gasteiger partial charge < -0.3 is 4.90 Å². The third-order valence-electron chi connectivity index (χ3n) is 3.28. The molecular formula is C14H25NO. The number of carbonyl (C=O) groups is 1. The van der Waals surface area contributed by atoms with E-state index in [0.29, 0.717) is 6.42 Å². The fraction of sp³-hybridized carbons (Fsp3) is 0.786. The first-order chi connectivity index (χ1) is 7.16.